The van der Waals surface area contributed by atoms with Gasteiger partial charge in [-0.2, -0.15) is 0 Å². The Kier molecular flexibility index (Phi) is 3.57. The van der Waals surface area contributed by atoms with Crippen LogP contribution in [-0.2, 0) is 9.59 Å². The van der Waals surface area contributed by atoms with Crippen molar-refractivity contribution in [2.24, 2.45) is 0 Å². The summed E-state index contributed by atoms with van der Waals surface area (Å²) in [6, 6.07) is 6.25. The predicted octanol–water partition coefficient (Wildman–Crippen LogP) is 1.96. The molecule has 0 radical (unpaired) electrons. The van der Waals surface area contributed by atoms with Gasteiger partial charge in [-0.3, -0.25) is 4.79 Å². The first kappa shape index (κ1) is 12.9. The van der Waals surface area contributed by atoms with E-state index < -0.39 is 12.0 Å². The number of nitrogens with zero attached hydrogens (tertiary/aromatic N) is 1. The third kappa shape index (κ3) is 2.34. The van der Waals surface area contributed by atoms with E-state index in [0.29, 0.717) is 5.56 Å². The van der Waals surface area contributed by atoms with E-state index in [0.717, 1.165) is 5.56 Å². The molecule has 1 saturated heterocycles. The van der Waals surface area contributed by atoms with Crippen molar-refractivity contribution < 1.29 is 14.7 Å². The summed E-state index contributed by atoms with van der Waals surface area (Å²) in [5, 5.41) is 9.08. The minimum atomic E-state index is -1.02. The fraction of sp³-hybridized carbons (Fsp3) is 0.385. The van der Waals surface area contributed by atoms with E-state index in [1.54, 1.807) is 12.1 Å². The third-order valence-electron chi connectivity index (χ3n) is 3.14. The number of carboxylic acid groups (broad SMARTS) is 1. The number of benzene rings is 1. The Hall–Kier alpha value is -1.55. The maximum absolute atomic E-state index is 11.8. The van der Waals surface area contributed by atoms with Crippen molar-refractivity contribution in [2.75, 3.05) is 6.54 Å². The second-order valence-corrected chi connectivity index (χ2v) is 5.06. The topological polar surface area (TPSA) is 57.6 Å². The third-order valence-corrected chi connectivity index (χ3v) is 3.43. The first-order valence-electron chi connectivity index (χ1n) is 5.72. The SMILES string of the molecule is Cc1ccccc1C(C(=O)O)N1CC(Cl)CC1=O. The fourth-order valence-corrected chi connectivity index (χ4v) is 2.54. The van der Waals surface area contributed by atoms with Crippen LogP contribution in [0.2, 0.25) is 0 Å². The van der Waals surface area contributed by atoms with Gasteiger partial charge < -0.3 is 10.0 Å². The Morgan fingerprint density at radius 3 is 2.67 bits per heavy atom. The zero-order chi connectivity index (χ0) is 13.3. The number of aliphatic carboxylic acids is 1. The number of hydrogen-bond donors (Lipinski definition) is 1. The van der Waals surface area contributed by atoms with Gasteiger partial charge in [-0.15, -0.1) is 11.6 Å². The van der Waals surface area contributed by atoms with Crippen molar-refractivity contribution >= 4 is 23.5 Å². The lowest BCUT2D eigenvalue weighted by molar-refractivity contribution is -0.148. The molecular weight excluding hydrogens is 254 g/mol. The van der Waals surface area contributed by atoms with Crippen molar-refractivity contribution in [2.45, 2.75) is 24.8 Å². The molecule has 1 heterocycles. The Labute approximate surface area is 110 Å². The summed E-state index contributed by atoms with van der Waals surface area (Å²) in [4.78, 5) is 24.6. The molecule has 0 spiro atoms. The van der Waals surface area contributed by atoms with Gasteiger partial charge in [-0.25, -0.2) is 4.79 Å². The zero-order valence-corrected chi connectivity index (χ0v) is 10.7. The number of alkyl halides is 1. The van der Waals surface area contributed by atoms with Crippen molar-refractivity contribution in [3.05, 3.63) is 35.4 Å². The van der Waals surface area contributed by atoms with Gasteiger partial charge in [0.2, 0.25) is 5.91 Å². The highest BCUT2D eigenvalue weighted by Gasteiger charge is 2.38. The molecule has 1 fully saturated rings. The minimum absolute atomic E-state index is 0.203. The lowest BCUT2D eigenvalue weighted by Gasteiger charge is -2.25. The molecule has 0 aromatic heterocycles. The lowest BCUT2D eigenvalue weighted by Crippen LogP contribution is -2.35. The van der Waals surface area contributed by atoms with Crippen LogP contribution in [0, 0.1) is 6.92 Å². The molecule has 5 heteroatoms. The Morgan fingerprint density at radius 2 is 2.17 bits per heavy atom. The number of halogens is 1. The Bertz CT molecular complexity index is 489. The predicted molar refractivity (Wildman–Crippen MR) is 67.5 cm³/mol. The standard InChI is InChI=1S/C13H14ClNO3/c1-8-4-2-3-5-10(8)12(13(17)18)15-7-9(14)6-11(15)16/h2-5,9,12H,6-7H2,1H3,(H,17,18). The van der Waals surface area contributed by atoms with Gasteiger partial charge >= 0.3 is 5.97 Å². The van der Waals surface area contributed by atoms with Crippen LogP contribution in [0.15, 0.2) is 24.3 Å². The number of carbonyl (C=O) groups is 2. The average molecular weight is 268 g/mol. The van der Waals surface area contributed by atoms with E-state index in [4.69, 9.17) is 11.6 Å². The quantitative estimate of drug-likeness (QED) is 0.852. The molecule has 1 aliphatic rings. The summed E-state index contributed by atoms with van der Waals surface area (Å²) in [6.45, 7) is 2.12. The van der Waals surface area contributed by atoms with Crippen molar-refractivity contribution in [1.82, 2.24) is 4.90 Å². The van der Waals surface area contributed by atoms with Crippen molar-refractivity contribution in [3.63, 3.8) is 0 Å². The number of amides is 1. The molecular formula is C13H14ClNO3. The molecule has 2 rings (SSSR count). The van der Waals surface area contributed by atoms with Gasteiger partial charge in [0, 0.05) is 13.0 Å². The summed E-state index contributed by atoms with van der Waals surface area (Å²) < 4.78 is 0. The number of carboxylic acids is 1. The van der Waals surface area contributed by atoms with Crippen LogP contribution in [0.5, 0.6) is 0 Å². The Morgan fingerprint density at radius 1 is 1.50 bits per heavy atom. The molecule has 4 nitrogen and oxygen atoms in total. The first-order chi connectivity index (χ1) is 8.50. The number of rotatable bonds is 3. The van der Waals surface area contributed by atoms with Crippen molar-refractivity contribution in [3.8, 4) is 0 Å². The van der Waals surface area contributed by atoms with Gasteiger partial charge in [-0.05, 0) is 18.1 Å². The molecule has 1 N–H and O–H groups in total. The van der Waals surface area contributed by atoms with E-state index in [2.05, 4.69) is 0 Å². The van der Waals surface area contributed by atoms with Gasteiger partial charge in [0.15, 0.2) is 6.04 Å². The van der Waals surface area contributed by atoms with Crippen LogP contribution in [0.1, 0.15) is 23.6 Å². The molecule has 1 aromatic carbocycles. The van der Waals surface area contributed by atoms with Crippen LogP contribution in [0.3, 0.4) is 0 Å². The van der Waals surface area contributed by atoms with Gasteiger partial charge in [-0.1, -0.05) is 24.3 Å². The molecule has 1 aromatic rings. The minimum Gasteiger partial charge on any atom is -0.479 e. The molecule has 0 bridgehead atoms. The van der Waals surface area contributed by atoms with E-state index in [-0.39, 0.29) is 24.2 Å². The van der Waals surface area contributed by atoms with Crippen LogP contribution in [-0.4, -0.2) is 33.8 Å². The highest BCUT2D eigenvalue weighted by Crippen LogP contribution is 2.30. The molecule has 0 saturated carbocycles. The smallest absolute Gasteiger partial charge is 0.331 e. The molecule has 1 aliphatic heterocycles. The molecule has 96 valence electrons. The number of carbonyl (C=O) groups excluding carboxylic acids is 1. The van der Waals surface area contributed by atoms with Gasteiger partial charge in [0.1, 0.15) is 0 Å². The Balaban J connectivity index is 2.38. The highest BCUT2D eigenvalue weighted by molar-refractivity contribution is 6.22. The second kappa shape index (κ2) is 4.98. The summed E-state index contributed by atoms with van der Waals surface area (Å²) >= 11 is 5.92. The monoisotopic (exact) mass is 267 g/mol. The molecule has 2 atom stereocenters. The normalized spacial score (nSPS) is 21.1. The summed E-state index contributed by atoms with van der Waals surface area (Å²) in [5.74, 6) is -1.23. The zero-order valence-electron chi connectivity index (χ0n) is 9.97. The maximum Gasteiger partial charge on any atom is 0.331 e. The van der Waals surface area contributed by atoms with E-state index in [9.17, 15) is 14.7 Å². The maximum atomic E-state index is 11.8. The van der Waals surface area contributed by atoms with Gasteiger partial charge in [0.25, 0.3) is 0 Å². The van der Waals surface area contributed by atoms with E-state index >= 15 is 0 Å². The second-order valence-electron chi connectivity index (χ2n) is 4.44. The molecule has 2 unspecified atom stereocenters. The molecule has 0 aliphatic carbocycles. The fourth-order valence-electron chi connectivity index (χ4n) is 2.26. The van der Waals surface area contributed by atoms with E-state index in [1.165, 1.54) is 4.90 Å². The van der Waals surface area contributed by atoms with Crippen LogP contribution in [0.4, 0.5) is 0 Å². The molecule has 18 heavy (non-hydrogen) atoms. The van der Waals surface area contributed by atoms with Crippen LogP contribution in [0.25, 0.3) is 0 Å². The molecule has 1 amide bonds. The average Bonchev–Trinajstić information content (AvgIpc) is 2.61. The van der Waals surface area contributed by atoms with E-state index in [1.807, 2.05) is 19.1 Å². The number of aryl methyl sites for hydroxylation is 1. The summed E-state index contributed by atoms with van der Waals surface area (Å²) in [7, 11) is 0. The van der Waals surface area contributed by atoms with Crippen LogP contribution < -0.4 is 0 Å². The van der Waals surface area contributed by atoms with Gasteiger partial charge in [0.05, 0.1) is 5.38 Å². The van der Waals surface area contributed by atoms with Crippen molar-refractivity contribution in [1.29, 1.82) is 0 Å². The number of hydrogen-bond acceptors (Lipinski definition) is 2. The summed E-state index contributed by atoms with van der Waals surface area (Å²) in [5.41, 5.74) is 1.50. The number of likely N-dealkylation sites (tertiary alicyclic amines) is 1. The largest absolute Gasteiger partial charge is 0.479 e. The summed E-state index contributed by atoms with van der Waals surface area (Å²) in [6.07, 6.45) is 0.206. The first-order valence-corrected chi connectivity index (χ1v) is 6.16. The van der Waals surface area contributed by atoms with Crippen LogP contribution >= 0.6 is 11.6 Å². The highest BCUT2D eigenvalue weighted by atomic mass is 35.5. The lowest BCUT2D eigenvalue weighted by atomic mass is 10.0.